The first-order valence-electron chi connectivity index (χ1n) is 8.41. The molecule has 0 aliphatic rings. The van der Waals surface area contributed by atoms with E-state index >= 15 is 0 Å². The van der Waals surface area contributed by atoms with Crippen LogP contribution in [0, 0.1) is 5.82 Å². The number of hydrogen-bond donors (Lipinski definition) is 1. The summed E-state index contributed by atoms with van der Waals surface area (Å²) in [6, 6.07) is 25.7. The molecule has 0 bridgehead atoms. The summed E-state index contributed by atoms with van der Waals surface area (Å²) in [6.07, 6.45) is 0. The number of ether oxygens (including phenoxy) is 1. The van der Waals surface area contributed by atoms with Crippen molar-refractivity contribution in [2.75, 3.05) is 13.7 Å². The van der Waals surface area contributed by atoms with Gasteiger partial charge in [0.25, 0.3) is 0 Å². The highest BCUT2D eigenvalue weighted by atomic mass is 19.1. The Hall–Kier alpha value is -2.65. The third-order valence-electron chi connectivity index (χ3n) is 4.33. The van der Waals surface area contributed by atoms with E-state index in [9.17, 15) is 4.39 Å². The maximum atomic E-state index is 14.1. The Morgan fingerprint density at radius 1 is 0.880 bits per heavy atom. The summed E-state index contributed by atoms with van der Waals surface area (Å²) in [5, 5.41) is 3.40. The first-order chi connectivity index (χ1) is 12.3. The van der Waals surface area contributed by atoms with Crippen LogP contribution in [-0.4, -0.2) is 13.7 Å². The molecule has 1 N–H and O–H groups in total. The first-order valence-corrected chi connectivity index (χ1v) is 8.41. The van der Waals surface area contributed by atoms with Crippen LogP contribution in [0.2, 0.25) is 0 Å². The lowest BCUT2D eigenvalue weighted by molar-refractivity contribution is 0.410. The zero-order chi connectivity index (χ0) is 17.5. The molecule has 0 amide bonds. The molecule has 3 aromatic rings. The van der Waals surface area contributed by atoms with E-state index in [0.717, 1.165) is 6.54 Å². The van der Waals surface area contributed by atoms with Crippen LogP contribution < -0.4 is 10.1 Å². The Balaban J connectivity index is 1.71. The SMILES string of the molecule is COc1ccc(CNCC(c2ccccc2)c2ccccc2)c(F)c1. The average molecular weight is 335 g/mol. The summed E-state index contributed by atoms with van der Waals surface area (Å²) < 4.78 is 19.1. The molecule has 2 nitrogen and oxygen atoms in total. The molecule has 25 heavy (non-hydrogen) atoms. The minimum Gasteiger partial charge on any atom is -0.497 e. The van der Waals surface area contributed by atoms with E-state index in [1.54, 1.807) is 12.1 Å². The zero-order valence-corrected chi connectivity index (χ0v) is 14.3. The summed E-state index contributed by atoms with van der Waals surface area (Å²) in [5.41, 5.74) is 3.13. The smallest absolute Gasteiger partial charge is 0.131 e. The maximum absolute atomic E-state index is 14.1. The quantitative estimate of drug-likeness (QED) is 0.672. The minimum atomic E-state index is -0.247. The lowest BCUT2D eigenvalue weighted by Gasteiger charge is -2.19. The van der Waals surface area contributed by atoms with Crippen LogP contribution in [-0.2, 0) is 6.54 Å². The number of halogens is 1. The Bertz CT molecular complexity index is 750. The Kier molecular flexibility index (Phi) is 5.81. The topological polar surface area (TPSA) is 21.3 Å². The van der Waals surface area contributed by atoms with E-state index in [2.05, 4.69) is 53.8 Å². The third kappa shape index (κ3) is 4.46. The highest BCUT2D eigenvalue weighted by molar-refractivity contribution is 5.33. The van der Waals surface area contributed by atoms with E-state index in [1.807, 2.05) is 12.1 Å². The fourth-order valence-electron chi connectivity index (χ4n) is 2.95. The monoisotopic (exact) mass is 335 g/mol. The highest BCUT2D eigenvalue weighted by Gasteiger charge is 2.14. The van der Waals surface area contributed by atoms with Gasteiger partial charge in [0.15, 0.2) is 0 Å². The number of methoxy groups -OCH3 is 1. The van der Waals surface area contributed by atoms with Gasteiger partial charge in [0.1, 0.15) is 11.6 Å². The van der Waals surface area contributed by atoms with Crippen molar-refractivity contribution >= 4 is 0 Å². The molecule has 0 aliphatic carbocycles. The van der Waals surface area contributed by atoms with Crippen LogP contribution in [0.3, 0.4) is 0 Å². The average Bonchev–Trinajstić information content (AvgIpc) is 2.67. The van der Waals surface area contributed by atoms with Crippen molar-refractivity contribution in [2.24, 2.45) is 0 Å². The molecular formula is C22H22FNO. The predicted octanol–water partition coefficient (Wildman–Crippen LogP) is 4.76. The largest absolute Gasteiger partial charge is 0.497 e. The van der Waals surface area contributed by atoms with Crippen LogP contribution in [0.1, 0.15) is 22.6 Å². The second-order valence-corrected chi connectivity index (χ2v) is 5.96. The van der Waals surface area contributed by atoms with Gasteiger partial charge in [-0.2, -0.15) is 0 Å². The number of rotatable bonds is 7. The summed E-state index contributed by atoms with van der Waals surface area (Å²) in [6.45, 7) is 1.21. The molecule has 3 heteroatoms. The van der Waals surface area contributed by atoms with Crippen molar-refractivity contribution in [1.82, 2.24) is 5.32 Å². The predicted molar refractivity (Wildman–Crippen MR) is 99.4 cm³/mol. The molecule has 0 aromatic heterocycles. The molecule has 0 saturated heterocycles. The molecule has 0 aliphatic heterocycles. The fraction of sp³-hybridized carbons (Fsp3) is 0.182. The molecule has 0 spiro atoms. The number of hydrogen-bond acceptors (Lipinski definition) is 2. The molecule has 0 radical (unpaired) electrons. The lowest BCUT2D eigenvalue weighted by atomic mass is 9.91. The second kappa shape index (κ2) is 8.45. The summed E-state index contributed by atoms with van der Waals surface area (Å²) in [5.74, 6) is 0.513. The third-order valence-corrected chi connectivity index (χ3v) is 4.33. The van der Waals surface area contributed by atoms with Gasteiger partial charge in [-0.15, -0.1) is 0 Å². The molecular weight excluding hydrogens is 313 g/mol. The molecule has 128 valence electrons. The number of nitrogens with one attached hydrogen (secondary N) is 1. The van der Waals surface area contributed by atoms with Crippen LogP contribution in [0.5, 0.6) is 5.75 Å². The van der Waals surface area contributed by atoms with E-state index in [4.69, 9.17) is 4.74 Å². The zero-order valence-electron chi connectivity index (χ0n) is 14.3. The summed E-state index contributed by atoms with van der Waals surface area (Å²) in [4.78, 5) is 0. The molecule has 0 fully saturated rings. The Labute approximate surface area is 148 Å². The van der Waals surface area contributed by atoms with Crippen LogP contribution in [0.4, 0.5) is 4.39 Å². The van der Waals surface area contributed by atoms with E-state index in [0.29, 0.717) is 17.9 Å². The van der Waals surface area contributed by atoms with Crippen molar-refractivity contribution < 1.29 is 9.13 Å². The van der Waals surface area contributed by atoms with Crippen LogP contribution in [0.25, 0.3) is 0 Å². The van der Waals surface area contributed by atoms with Crippen molar-refractivity contribution in [3.05, 3.63) is 101 Å². The normalized spacial score (nSPS) is 10.8. The fourth-order valence-corrected chi connectivity index (χ4v) is 2.95. The van der Waals surface area contributed by atoms with Gasteiger partial charge in [0, 0.05) is 30.6 Å². The minimum absolute atomic E-state index is 0.226. The summed E-state index contributed by atoms with van der Waals surface area (Å²) >= 11 is 0. The first kappa shape index (κ1) is 17.2. The van der Waals surface area contributed by atoms with Crippen LogP contribution >= 0.6 is 0 Å². The van der Waals surface area contributed by atoms with Gasteiger partial charge in [-0.05, 0) is 17.2 Å². The van der Waals surface area contributed by atoms with Gasteiger partial charge >= 0.3 is 0 Å². The van der Waals surface area contributed by atoms with Crippen molar-refractivity contribution in [3.8, 4) is 5.75 Å². The van der Waals surface area contributed by atoms with Crippen LogP contribution in [0.15, 0.2) is 78.9 Å². The number of benzene rings is 3. The van der Waals surface area contributed by atoms with Gasteiger partial charge in [-0.1, -0.05) is 66.7 Å². The van der Waals surface area contributed by atoms with Gasteiger partial charge in [-0.25, -0.2) is 4.39 Å². The van der Waals surface area contributed by atoms with E-state index < -0.39 is 0 Å². The molecule has 3 rings (SSSR count). The second-order valence-electron chi connectivity index (χ2n) is 5.96. The highest BCUT2D eigenvalue weighted by Crippen LogP contribution is 2.24. The Morgan fingerprint density at radius 3 is 2.00 bits per heavy atom. The van der Waals surface area contributed by atoms with Crippen molar-refractivity contribution in [3.63, 3.8) is 0 Å². The van der Waals surface area contributed by atoms with E-state index in [-0.39, 0.29) is 11.7 Å². The Morgan fingerprint density at radius 2 is 1.48 bits per heavy atom. The molecule has 0 heterocycles. The standard InChI is InChI=1S/C22H22FNO/c1-25-20-13-12-19(22(23)14-20)15-24-16-21(17-8-4-2-5-9-17)18-10-6-3-7-11-18/h2-14,21,24H,15-16H2,1H3. The molecule has 0 atom stereocenters. The van der Waals surface area contributed by atoms with Gasteiger partial charge in [0.2, 0.25) is 0 Å². The van der Waals surface area contributed by atoms with Crippen molar-refractivity contribution in [2.45, 2.75) is 12.5 Å². The maximum Gasteiger partial charge on any atom is 0.131 e. The molecule has 0 saturated carbocycles. The lowest BCUT2D eigenvalue weighted by Crippen LogP contribution is -2.22. The van der Waals surface area contributed by atoms with Gasteiger partial charge < -0.3 is 10.1 Å². The van der Waals surface area contributed by atoms with Gasteiger partial charge in [0.05, 0.1) is 7.11 Å². The van der Waals surface area contributed by atoms with E-state index in [1.165, 1.54) is 24.3 Å². The summed E-state index contributed by atoms with van der Waals surface area (Å²) in [7, 11) is 1.54. The van der Waals surface area contributed by atoms with Gasteiger partial charge in [-0.3, -0.25) is 0 Å². The molecule has 3 aromatic carbocycles. The van der Waals surface area contributed by atoms with Crippen molar-refractivity contribution in [1.29, 1.82) is 0 Å². The molecule has 0 unspecified atom stereocenters.